The van der Waals surface area contributed by atoms with E-state index in [9.17, 15) is 0 Å². The molecular formula is C16H18N4. The number of rotatable bonds is 2. The van der Waals surface area contributed by atoms with Gasteiger partial charge in [0.05, 0.1) is 17.6 Å². The Kier molecular flexibility index (Phi) is 2.86. The number of para-hydroxylation sites is 1. The van der Waals surface area contributed by atoms with Gasteiger partial charge in [0.15, 0.2) is 0 Å². The molecule has 0 unspecified atom stereocenters. The van der Waals surface area contributed by atoms with Crippen LogP contribution in [0, 0.1) is 13.8 Å². The minimum atomic E-state index is 0.720. The van der Waals surface area contributed by atoms with E-state index in [1.807, 2.05) is 26.1 Å². The molecule has 0 amide bonds. The normalized spacial score (nSPS) is 10.9. The van der Waals surface area contributed by atoms with Crippen molar-refractivity contribution in [2.75, 3.05) is 17.7 Å². The molecule has 20 heavy (non-hydrogen) atoms. The van der Waals surface area contributed by atoms with Crippen molar-refractivity contribution >= 4 is 28.1 Å². The first-order valence-corrected chi connectivity index (χ1v) is 6.61. The molecule has 3 rings (SSSR count). The number of benzene rings is 1. The second-order valence-electron chi connectivity index (χ2n) is 5.10. The van der Waals surface area contributed by atoms with E-state index in [4.69, 9.17) is 5.73 Å². The number of nitrogen functional groups attached to an aromatic ring is 1. The maximum atomic E-state index is 5.84. The number of aromatic nitrogens is 2. The molecule has 0 aliphatic carbocycles. The molecule has 0 saturated carbocycles. The minimum absolute atomic E-state index is 0.720. The number of H-pyrrole nitrogens is 1. The summed E-state index contributed by atoms with van der Waals surface area (Å²) in [6.07, 6.45) is 1.71. The molecule has 4 heteroatoms. The van der Waals surface area contributed by atoms with Crippen LogP contribution < -0.4 is 10.6 Å². The second kappa shape index (κ2) is 4.56. The van der Waals surface area contributed by atoms with Gasteiger partial charge in [-0.2, -0.15) is 0 Å². The average Bonchev–Trinajstić information content (AvgIpc) is 2.77. The van der Waals surface area contributed by atoms with Gasteiger partial charge < -0.3 is 15.6 Å². The first-order chi connectivity index (χ1) is 9.58. The van der Waals surface area contributed by atoms with Crippen molar-refractivity contribution in [3.63, 3.8) is 0 Å². The number of fused-ring (bicyclic) bond motifs is 1. The number of nitrogens with two attached hydrogens (primary N) is 1. The predicted molar refractivity (Wildman–Crippen MR) is 84.5 cm³/mol. The van der Waals surface area contributed by atoms with E-state index in [0.29, 0.717) is 0 Å². The fraction of sp³-hybridized carbons (Fsp3) is 0.188. The van der Waals surface area contributed by atoms with Crippen LogP contribution in [0.25, 0.3) is 10.9 Å². The Hall–Kier alpha value is -2.49. The van der Waals surface area contributed by atoms with Gasteiger partial charge in [0.25, 0.3) is 0 Å². The lowest BCUT2D eigenvalue weighted by Gasteiger charge is -2.19. The number of hydrogen-bond acceptors (Lipinski definition) is 3. The molecule has 0 aliphatic rings. The fourth-order valence-electron chi connectivity index (χ4n) is 2.54. The van der Waals surface area contributed by atoms with Crippen molar-refractivity contribution in [1.82, 2.24) is 9.97 Å². The maximum absolute atomic E-state index is 5.84. The molecule has 2 aromatic heterocycles. The van der Waals surface area contributed by atoms with Crippen LogP contribution in [0.5, 0.6) is 0 Å². The molecular weight excluding hydrogens is 248 g/mol. The van der Waals surface area contributed by atoms with Gasteiger partial charge in [-0.1, -0.05) is 18.2 Å². The zero-order valence-corrected chi connectivity index (χ0v) is 11.9. The average molecular weight is 266 g/mol. The number of aromatic amines is 1. The van der Waals surface area contributed by atoms with E-state index < -0.39 is 0 Å². The number of aryl methyl sites for hydroxylation is 2. The zero-order valence-electron chi connectivity index (χ0n) is 11.9. The molecule has 0 spiro atoms. The van der Waals surface area contributed by atoms with Crippen LogP contribution >= 0.6 is 0 Å². The molecule has 4 nitrogen and oxygen atoms in total. The topological polar surface area (TPSA) is 57.9 Å². The zero-order chi connectivity index (χ0) is 14.3. The maximum Gasteiger partial charge on any atom is 0.133 e. The van der Waals surface area contributed by atoms with E-state index in [-0.39, 0.29) is 0 Å². The third-order valence-corrected chi connectivity index (χ3v) is 3.68. The van der Waals surface area contributed by atoms with Crippen LogP contribution in [0.3, 0.4) is 0 Å². The predicted octanol–water partition coefficient (Wildman–Crippen LogP) is 3.53. The van der Waals surface area contributed by atoms with Crippen LogP contribution in [0.4, 0.5) is 17.2 Å². The third kappa shape index (κ3) is 1.90. The molecule has 3 aromatic rings. The summed E-state index contributed by atoms with van der Waals surface area (Å²) in [5.41, 5.74) is 11.0. The highest BCUT2D eigenvalue weighted by atomic mass is 15.2. The summed E-state index contributed by atoms with van der Waals surface area (Å²) in [6, 6.07) is 10.3. The molecule has 0 aliphatic heterocycles. The number of hydrogen-bond donors (Lipinski definition) is 2. The lowest BCUT2D eigenvalue weighted by atomic mass is 10.2. The number of nitrogens with zero attached hydrogens (tertiary/aromatic N) is 2. The first-order valence-electron chi connectivity index (χ1n) is 6.61. The number of nitrogens with one attached hydrogen (secondary N) is 1. The van der Waals surface area contributed by atoms with Crippen molar-refractivity contribution in [2.24, 2.45) is 0 Å². The summed E-state index contributed by atoms with van der Waals surface area (Å²) >= 11 is 0. The molecule has 1 aromatic carbocycles. The standard InChI is InChI=1S/C16H18N4/c1-10-8-15(18-9-13(10)17)20(3)16-11(2)19-14-7-5-4-6-12(14)16/h4-9,19H,17H2,1-3H3. The Bertz CT molecular complexity index is 773. The fourth-order valence-corrected chi connectivity index (χ4v) is 2.54. The van der Waals surface area contributed by atoms with Gasteiger partial charge >= 0.3 is 0 Å². The highest BCUT2D eigenvalue weighted by Gasteiger charge is 2.14. The summed E-state index contributed by atoms with van der Waals surface area (Å²) in [6.45, 7) is 4.08. The monoisotopic (exact) mass is 266 g/mol. The Balaban J connectivity index is 2.14. The van der Waals surface area contributed by atoms with E-state index in [1.165, 1.54) is 5.39 Å². The molecule has 102 valence electrons. The van der Waals surface area contributed by atoms with Crippen LogP contribution in [0.1, 0.15) is 11.3 Å². The summed E-state index contributed by atoms with van der Waals surface area (Å²) < 4.78 is 0. The van der Waals surface area contributed by atoms with E-state index in [1.54, 1.807) is 6.20 Å². The van der Waals surface area contributed by atoms with Crippen LogP contribution in [-0.4, -0.2) is 17.0 Å². The third-order valence-electron chi connectivity index (χ3n) is 3.68. The van der Waals surface area contributed by atoms with Crippen molar-refractivity contribution in [3.8, 4) is 0 Å². The molecule has 0 fully saturated rings. The SMILES string of the molecule is Cc1cc(N(C)c2c(C)[nH]c3ccccc23)ncc1N. The van der Waals surface area contributed by atoms with Gasteiger partial charge in [-0.05, 0) is 31.5 Å². The largest absolute Gasteiger partial charge is 0.397 e. The minimum Gasteiger partial charge on any atom is -0.397 e. The van der Waals surface area contributed by atoms with Crippen LogP contribution in [0.2, 0.25) is 0 Å². The number of pyridine rings is 1. The lowest BCUT2D eigenvalue weighted by Crippen LogP contribution is -2.12. The molecule has 0 atom stereocenters. The Morgan fingerprint density at radius 3 is 2.70 bits per heavy atom. The van der Waals surface area contributed by atoms with Gasteiger partial charge in [-0.3, -0.25) is 0 Å². The summed E-state index contributed by atoms with van der Waals surface area (Å²) in [4.78, 5) is 9.94. The van der Waals surface area contributed by atoms with Gasteiger partial charge in [-0.25, -0.2) is 4.98 Å². The first kappa shape index (κ1) is 12.5. The highest BCUT2D eigenvalue weighted by molar-refractivity contribution is 5.96. The van der Waals surface area contributed by atoms with Gasteiger partial charge in [-0.15, -0.1) is 0 Å². The Morgan fingerprint density at radius 2 is 1.95 bits per heavy atom. The Morgan fingerprint density at radius 1 is 1.20 bits per heavy atom. The lowest BCUT2D eigenvalue weighted by molar-refractivity contribution is 1.11. The Labute approximate surface area is 118 Å². The van der Waals surface area contributed by atoms with Crippen LogP contribution in [-0.2, 0) is 0 Å². The smallest absolute Gasteiger partial charge is 0.133 e. The van der Waals surface area contributed by atoms with E-state index in [2.05, 4.69) is 40.0 Å². The van der Waals surface area contributed by atoms with E-state index in [0.717, 1.165) is 34.0 Å². The van der Waals surface area contributed by atoms with Crippen molar-refractivity contribution in [1.29, 1.82) is 0 Å². The van der Waals surface area contributed by atoms with Crippen molar-refractivity contribution in [3.05, 3.63) is 47.8 Å². The summed E-state index contributed by atoms with van der Waals surface area (Å²) in [5.74, 6) is 0.893. The highest BCUT2D eigenvalue weighted by Crippen LogP contribution is 2.34. The quantitative estimate of drug-likeness (QED) is 0.746. The van der Waals surface area contributed by atoms with Crippen molar-refractivity contribution in [2.45, 2.75) is 13.8 Å². The van der Waals surface area contributed by atoms with Crippen molar-refractivity contribution < 1.29 is 0 Å². The molecule has 0 radical (unpaired) electrons. The van der Waals surface area contributed by atoms with Crippen LogP contribution in [0.15, 0.2) is 36.5 Å². The van der Waals surface area contributed by atoms with Gasteiger partial charge in [0.2, 0.25) is 0 Å². The van der Waals surface area contributed by atoms with E-state index >= 15 is 0 Å². The van der Waals surface area contributed by atoms with Gasteiger partial charge in [0.1, 0.15) is 5.82 Å². The molecule has 2 heterocycles. The molecule has 3 N–H and O–H groups in total. The molecule has 0 saturated heterocycles. The molecule has 0 bridgehead atoms. The number of anilines is 3. The summed E-state index contributed by atoms with van der Waals surface area (Å²) in [5, 5.41) is 1.20. The summed E-state index contributed by atoms with van der Waals surface area (Å²) in [7, 11) is 2.03. The van der Waals surface area contributed by atoms with Gasteiger partial charge in [0, 0.05) is 23.6 Å². The second-order valence-corrected chi connectivity index (χ2v) is 5.10.